The number of hydrogen-bond donors (Lipinski definition) is 1. The number of ether oxygens (including phenoxy) is 2. The fourth-order valence-corrected chi connectivity index (χ4v) is 1.57. The highest BCUT2D eigenvalue weighted by atomic mass is 19.4. The molecule has 0 saturated carbocycles. The van der Waals surface area contributed by atoms with Crippen LogP contribution in [0.1, 0.15) is 12.0 Å². The molecule has 1 aromatic carbocycles. The summed E-state index contributed by atoms with van der Waals surface area (Å²) in [5.74, 6) is -0.113. The molecule has 21 heavy (non-hydrogen) atoms. The van der Waals surface area contributed by atoms with Gasteiger partial charge in [-0.15, -0.1) is 0 Å². The fraction of sp³-hybridized carbons (Fsp3) is 0.462. The van der Waals surface area contributed by atoms with Crippen molar-refractivity contribution in [1.82, 2.24) is 5.48 Å². The number of rotatable bonds is 7. The van der Waals surface area contributed by atoms with Gasteiger partial charge in [0.2, 0.25) is 5.91 Å². The van der Waals surface area contributed by atoms with E-state index in [-0.39, 0.29) is 23.8 Å². The predicted molar refractivity (Wildman–Crippen MR) is 68.0 cm³/mol. The molecule has 1 N–H and O–H groups in total. The van der Waals surface area contributed by atoms with E-state index in [1.165, 1.54) is 26.4 Å². The van der Waals surface area contributed by atoms with Crippen molar-refractivity contribution >= 4 is 5.91 Å². The van der Waals surface area contributed by atoms with Gasteiger partial charge in [0.05, 0.1) is 14.2 Å². The Bertz CT molecular complexity index is 477. The lowest BCUT2D eigenvalue weighted by molar-refractivity contribution is -0.153. The molecule has 0 atom stereocenters. The highest BCUT2D eigenvalue weighted by molar-refractivity contribution is 5.75. The molecule has 0 aliphatic rings. The van der Waals surface area contributed by atoms with E-state index in [0.717, 1.165) is 5.56 Å². The van der Waals surface area contributed by atoms with Gasteiger partial charge in [-0.3, -0.25) is 9.63 Å². The van der Waals surface area contributed by atoms with E-state index in [9.17, 15) is 18.0 Å². The number of hydroxylamine groups is 1. The van der Waals surface area contributed by atoms with E-state index in [0.29, 0.717) is 6.42 Å². The number of aryl methyl sites for hydroxylation is 1. The molecule has 0 fully saturated rings. The molecule has 1 aromatic rings. The molecule has 1 amide bonds. The minimum Gasteiger partial charge on any atom is -0.493 e. The Balaban J connectivity index is 2.67. The van der Waals surface area contributed by atoms with E-state index < -0.39 is 12.8 Å². The van der Waals surface area contributed by atoms with Crippen LogP contribution >= 0.6 is 0 Å². The smallest absolute Gasteiger partial charge is 0.422 e. The molecule has 0 heterocycles. The van der Waals surface area contributed by atoms with Gasteiger partial charge >= 0.3 is 6.18 Å². The summed E-state index contributed by atoms with van der Waals surface area (Å²) in [6, 6.07) is 4.49. The Hall–Kier alpha value is -1.96. The van der Waals surface area contributed by atoms with E-state index in [1.807, 2.05) is 0 Å². The van der Waals surface area contributed by atoms with Gasteiger partial charge in [-0.2, -0.15) is 13.2 Å². The zero-order valence-corrected chi connectivity index (χ0v) is 11.6. The van der Waals surface area contributed by atoms with Gasteiger partial charge < -0.3 is 9.47 Å². The first-order valence-electron chi connectivity index (χ1n) is 6.04. The standard InChI is InChI=1S/C13H16F3NO4/c1-19-11-7-9(4-6-12(18)17-20-2)3-5-10(11)21-8-13(14,15)16/h3,5,7H,4,6,8H2,1-2H3,(H,17,18). The van der Waals surface area contributed by atoms with Crippen molar-refractivity contribution in [3.8, 4) is 11.5 Å². The maximum atomic E-state index is 12.1. The second-order valence-corrected chi connectivity index (χ2v) is 4.12. The van der Waals surface area contributed by atoms with Gasteiger partial charge in [-0.25, -0.2) is 5.48 Å². The number of nitrogens with one attached hydrogen (secondary N) is 1. The second-order valence-electron chi connectivity index (χ2n) is 4.12. The SMILES string of the molecule is CONC(=O)CCc1ccc(OCC(F)(F)F)c(OC)c1. The molecule has 5 nitrogen and oxygen atoms in total. The van der Waals surface area contributed by atoms with Crippen LogP contribution in [0.3, 0.4) is 0 Å². The molecule has 1 rings (SSSR count). The van der Waals surface area contributed by atoms with Crippen molar-refractivity contribution in [3.05, 3.63) is 23.8 Å². The van der Waals surface area contributed by atoms with E-state index in [1.54, 1.807) is 6.07 Å². The number of amides is 1. The fourth-order valence-electron chi connectivity index (χ4n) is 1.57. The normalized spacial score (nSPS) is 11.1. The Kier molecular flexibility index (Phi) is 6.29. The average molecular weight is 307 g/mol. The van der Waals surface area contributed by atoms with E-state index in [2.05, 4.69) is 15.1 Å². The van der Waals surface area contributed by atoms with E-state index >= 15 is 0 Å². The summed E-state index contributed by atoms with van der Waals surface area (Å²) in [5, 5.41) is 0. The van der Waals surface area contributed by atoms with Crippen LogP contribution < -0.4 is 15.0 Å². The lowest BCUT2D eigenvalue weighted by atomic mass is 10.1. The van der Waals surface area contributed by atoms with Crippen molar-refractivity contribution in [2.24, 2.45) is 0 Å². The van der Waals surface area contributed by atoms with Gasteiger partial charge in [0.1, 0.15) is 0 Å². The molecule has 0 aliphatic carbocycles. The maximum Gasteiger partial charge on any atom is 0.422 e. The topological polar surface area (TPSA) is 56.8 Å². The average Bonchev–Trinajstić information content (AvgIpc) is 2.42. The Morgan fingerprint density at radius 2 is 1.95 bits per heavy atom. The number of hydrogen-bond acceptors (Lipinski definition) is 4. The first-order valence-corrected chi connectivity index (χ1v) is 6.04. The zero-order valence-electron chi connectivity index (χ0n) is 11.6. The summed E-state index contributed by atoms with van der Waals surface area (Å²) < 4.78 is 46.0. The van der Waals surface area contributed by atoms with Crippen molar-refractivity contribution in [2.75, 3.05) is 20.8 Å². The third kappa shape index (κ3) is 6.35. The van der Waals surface area contributed by atoms with Crippen LogP contribution in [0.25, 0.3) is 0 Å². The molecule has 0 bridgehead atoms. The summed E-state index contributed by atoms with van der Waals surface area (Å²) in [7, 11) is 2.66. The summed E-state index contributed by atoms with van der Waals surface area (Å²) in [4.78, 5) is 15.7. The molecule has 118 valence electrons. The summed E-state index contributed by atoms with van der Waals surface area (Å²) in [6.45, 7) is -1.39. The maximum absolute atomic E-state index is 12.1. The van der Waals surface area contributed by atoms with Gasteiger partial charge in [0, 0.05) is 6.42 Å². The predicted octanol–water partition coefficient (Wildman–Crippen LogP) is 2.25. The van der Waals surface area contributed by atoms with Gasteiger partial charge in [-0.05, 0) is 24.1 Å². The second kappa shape index (κ2) is 7.72. The summed E-state index contributed by atoms with van der Waals surface area (Å²) in [6.07, 6.45) is -3.84. The first kappa shape index (κ1) is 17.1. The van der Waals surface area contributed by atoms with Gasteiger partial charge in [0.15, 0.2) is 18.1 Å². The minimum atomic E-state index is -4.41. The Labute approximate surface area is 119 Å². The monoisotopic (exact) mass is 307 g/mol. The third-order valence-corrected chi connectivity index (χ3v) is 2.48. The zero-order chi connectivity index (χ0) is 15.9. The Morgan fingerprint density at radius 1 is 1.24 bits per heavy atom. The van der Waals surface area contributed by atoms with Crippen LogP contribution in [0.5, 0.6) is 11.5 Å². The number of benzene rings is 1. The number of alkyl halides is 3. The molecule has 0 unspecified atom stereocenters. The highest BCUT2D eigenvalue weighted by Gasteiger charge is 2.29. The Morgan fingerprint density at radius 3 is 2.52 bits per heavy atom. The summed E-state index contributed by atoms with van der Waals surface area (Å²) >= 11 is 0. The molecule has 0 aliphatic heterocycles. The molecule has 0 radical (unpaired) electrons. The molecule has 0 aromatic heterocycles. The van der Waals surface area contributed by atoms with E-state index in [4.69, 9.17) is 4.74 Å². The third-order valence-electron chi connectivity index (χ3n) is 2.48. The molecule has 8 heteroatoms. The quantitative estimate of drug-likeness (QED) is 0.785. The number of carbonyl (C=O) groups excluding carboxylic acids is 1. The molecule has 0 saturated heterocycles. The highest BCUT2D eigenvalue weighted by Crippen LogP contribution is 2.30. The summed E-state index contributed by atoms with van der Waals surface area (Å²) in [5.41, 5.74) is 2.91. The number of methoxy groups -OCH3 is 1. The minimum absolute atomic E-state index is 0.0000759. The van der Waals surface area contributed by atoms with Crippen molar-refractivity contribution in [1.29, 1.82) is 0 Å². The molecular weight excluding hydrogens is 291 g/mol. The van der Waals surface area contributed by atoms with Crippen LogP contribution in [0.2, 0.25) is 0 Å². The first-order chi connectivity index (χ1) is 9.85. The van der Waals surface area contributed by atoms with Crippen LogP contribution in [0, 0.1) is 0 Å². The molecular formula is C13H16F3NO4. The lowest BCUT2D eigenvalue weighted by Crippen LogP contribution is -2.22. The molecule has 0 spiro atoms. The van der Waals surface area contributed by atoms with Crippen molar-refractivity contribution < 1.29 is 32.3 Å². The largest absolute Gasteiger partial charge is 0.493 e. The van der Waals surface area contributed by atoms with Crippen LogP contribution in [-0.4, -0.2) is 32.9 Å². The van der Waals surface area contributed by atoms with Crippen LogP contribution in [-0.2, 0) is 16.1 Å². The van der Waals surface area contributed by atoms with Gasteiger partial charge in [-0.1, -0.05) is 6.07 Å². The van der Waals surface area contributed by atoms with Crippen molar-refractivity contribution in [3.63, 3.8) is 0 Å². The van der Waals surface area contributed by atoms with Gasteiger partial charge in [0.25, 0.3) is 0 Å². The lowest BCUT2D eigenvalue weighted by Gasteiger charge is -2.13. The number of carbonyl (C=O) groups is 1. The van der Waals surface area contributed by atoms with Crippen LogP contribution in [0.15, 0.2) is 18.2 Å². The van der Waals surface area contributed by atoms with Crippen molar-refractivity contribution in [2.45, 2.75) is 19.0 Å². The van der Waals surface area contributed by atoms with Crippen LogP contribution in [0.4, 0.5) is 13.2 Å². The number of halogens is 3.